The van der Waals surface area contributed by atoms with E-state index < -0.39 is 9.84 Å². The molecule has 0 bridgehead atoms. The van der Waals surface area contributed by atoms with E-state index in [0.717, 1.165) is 23.8 Å². The molecule has 6 nitrogen and oxygen atoms in total. The van der Waals surface area contributed by atoms with Gasteiger partial charge in [0, 0.05) is 19.3 Å². The van der Waals surface area contributed by atoms with Crippen molar-refractivity contribution in [3.05, 3.63) is 29.8 Å². The van der Waals surface area contributed by atoms with Gasteiger partial charge in [0.2, 0.25) is 0 Å². The van der Waals surface area contributed by atoms with E-state index in [4.69, 9.17) is 9.73 Å². The predicted molar refractivity (Wildman–Crippen MR) is 138 cm³/mol. The van der Waals surface area contributed by atoms with Gasteiger partial charge in [0.15, 0.2) is 5.96 Å². The quantitative estimate of drug-likeness (QED) is 0.241. The molecule has 0 fully saturated rings. The minimum atomic E-state index is -2.96. The molecule has 0 heterocycles. The molecule has 1 aromatic rings. The average molecular weight is 554 g/mol. The van der Waals surface area contributed by atoms with Gasteiger partial charge in [0.25, 0.3) is 0 Å². The highest BCUT2D eigenvalue weighted by atomic mass is 127. The molecule has 1 rings (SSSR count). The summed E-state index contributed by atoms with van der Waals surface area (Å²) in [5, 5.41) is 6.70. The first kappa shape index (κ1) is 29.0. The Balaban J connectivity index is 0.00000841. The van der Waals surface area contributed by atoms with Crippen LogP contribution in [0.15, 0.2) is 29.3 Å². The lowest BCUT2D eigenvalue weighted by atomic mass is 9.90. The molecule has 30 heavy (non-hydrogen) atoms. The lowest BCUT2D eigenvalue weighted by Crippen LogP contribution is -2.39. The van der Waals surface area contributed by atoms with Gasteiger partial charge in [0.05, 0.1) is 18.4 Å². The van der Waals surface area contributed by atoms with E-state index in [-0.39, 0.29) is 41.2 Å². The van der Waals surface area contributed by atoms with Gasteiger partial charge in [-0.25, -0.2) is 8.42 Å². The van der Waals surface area contributed by atoms with Crippen molar-refractivity contribution in [1.29, 1.82) is 0 Å². The minimum Gasteiger partial charge on any atom is -0.493 e. The molecule has 0 saturated carbocycles. The summed E-state index contributed by atoms with van der Waals surface area (Å²) in [5.74, 6) is 2.28. The molecule has 1 unspecified atom stereocenters. The highest BCUT2D eigenvalue weighted by molar-refractivity contribution is 14.0. The van der Waals surface area contributed by atoms with Gasteiger partial charge in [-0.1, -0.05) is 39.8 Å². The standard InChI is InChI=1S/C22H39N3O3S.HI/c1-8-23-21(24-16-22(5,6)13-14-29(7,26)27)25-18(4)19-9-11-20(12-10-19)28-15-17(2)3;/h9-12,17-18H,8,13-16H2,1-7H3,(H2,23,24,25);1H. The number of hydrogen-bond acceptors (Lipinski definition) is 4. The highest BCUT2D eigenvalue weighted by Gasteiger charge is 2.20. The number of nitrogens with one attached hydrogen (secondary N) is 2. The van der Waals surface area contributed by atoms with Gasteiger partial charge in [-0.15, -0.1) is 24.0 Å². The smallest absolute Gasteiger partial charge is 0.191 e. The van der Waals surface area contributed by atoms with Crippen LogP contribution in [-0.2, 0) is 9.84 Å². The summed E-state index contributed by atoms with van der Waals surface area (Å²) in [5.41, 5.74) is 0.952. The fourth-order valence-corrected chi connectivity index (χ4v) is 3.48. The number of benzene rings is 1. The number of guanidine groups is 1. The summed E-state index contributed by atoms with van der Waals surface area (Å²) in [7, 11) is -2.96. The third-order valence-corrected chi connectivity index (χ3v) is 5.42. The van der Waals surface area contributed by atoms with Crippen LogP contribution in [0, 0.1) is 11.3 Å². The van der Waals surface area contributed by atoms with Gasteiger partial charge in [-0.3, -0.25) is 4.99 Å². The molecule has 174 valence electrons. The molecule has 0 aromatic heterocycles. The Bertz CT molecular complexity index is 747. The van der Waals surface area contributed by atoms with Gasteiger partial charge in [-0.2, -0.15) is 0 Å². The summed E-state index contributed by atoms with van der Waals surface area (Å²) in [6.45, 7) is 14.5. The molecule has 0 radical (unpaired) electrons. The first-order chi connectivity index (χ1) is 13.4. The normalized spacial score (nSPS) is 13.5. The Morgan fingerprint density at radius 3 is 2.27 bits per heavy atom. The maximum atomic E-state index is 11.4. The summed E-state index contributed by atoms with van der Waals surface area (Å²) < 4.78 is 28.6. The lowest BCUT2D eigenvalue weighted by molar-refractivity contribution is 0.271. The Hall–Kier alpha value is -1.03. The zero-order valence-corrected chi connectivity index (χ0v) is 22.6. The predicted octanol–water partition coefficient (Wildman–Crippen LogP) is 4.42. The molecule has 2 N–H and O–H groups in total. The Labute approximate surface area is 200 Å². The van der Waals surface area contributed by atoms with Crippen LogP contribution in [0.4, 0.5) is 0 Å². The van der Waals surface area contributed by atoms with E-state index in [2.05, 4.69) is 43.5 Å². The second-order valence-corrected chi connectivity index (χ2v) is 11.1. The van der Waals surface area contributed by atoms with Crippen molar-refractivity contribution in [3.63, 3.8) is 0 Å². The Morgan fingerprint density at radius 2 is 1.77 bits per heavy atom. The topological polar surface area (TPSA) is 79.8 Å². The number of aliphatic imine (C=N–C) groups is 1. The van der Waals surface area contributed by atoms with E-state index in [1.807, 2.05) is 32.9 Å². The fraction of sp³-hybridized carbons (Fsp3) is 0.682. The molecule has 1 atom stereocenters. The molecular formula is C22H40IN3O3S. The van der Waals surface area contributed by atoms with Crippen LogP contribution < -0.4 is 15.4 Å². The van der Waals surface area contributed by atoms with Gasteiger partial charge < -0.3 is 15.4 Å². The van der Waals surface area contributed by atoms with E-state index in [1.54, 1.807) is 0 Å². The van der Waals surface area contributed by atoms with Crippen molar-refractivity contribution >= 4 is 39.8 Å². The van der Waals surface area contributed by atoms with E-state index >= 15 is 0 Å². The molecule has 0 aliphatic rings. The molecule has 0 spiro atoms. The summed E-state index contributed by atoms with van der Waals surface area (Å²) in [6.07, 6.45) is 1.86. The second-order valence-electron chi connectivity index (χ2n) is 8.88. The number of rotatable bonds is 11. The zero-order valence-electron chi connectivity index (χ0n) is 19.5. The van der Waals surface area contributed by atoms with E-state index in [9.17, 15) is 8.42 Å². The van der Waals surface area contributed by atoms with Crippen LogP contribution in [-0.4, -0.2) is 46.1 Å². The summed E-state index contributed by atoms with van der Waals surface area (Å²) >= 11 is 0. The Kier molecular flexibility index (Phi) is 12.9. The average Bonchev–Trinajstić information content (AvgIpc) is 2.63. The van der Waals surface area contributed by atoms with Gasteiger partial charge in [0.1, 0.15) is 15.6 Å². The number of ether oxygens (including phenoxy) is 1. The van der Waals surface area contributed by atoms with Crippen molar-refractivity contribution in [1.82, 2.24) is 10.6 Å². The van der Waals surface area contributed by atoms with Crippen molar-refractivity contribution in [2.75, 3.05) is 31.7 Å². The second kappa shape index (κ2) is 13.4. The number of nitrogens with zero attached hydrogens (tertiary/aromatic N) is 1. The van der Waals surface area contributed by atoms with Crippen LogP contribution in [0.25, 0.3) is 0 Å². The molecule has 0 amide bonds. The van der Waals surface area contributed by atoms with Crippen LogP contribution in [0.2, 0.25) is 0 Å². The third-order valence-electron chi connectivity index (χ3n) is 4.48. The van der Waals surface area contributed by atoms with E-state index in [1.165, 1.54) is 6.26 Å². The largest absolute Gasteiger partial charge is 0.493 e. The zero-order chi connectivity index (χ0) is 22.1. The number of hydrogen-bond donors (Lipinski definition) is 2. The first-order valence-electron chi connectivity index (χ1n) is 10.4. The van der Waals surface area contributed by atoms with Gasteiger partial charge >= 0.3 is 0 Å². The van der Waals surface area contributed by atoms with Crippen molar-refractivity contribution in [3.8, 4) is 5.75 Å². The van der Waals surface area contributed by atoms with Gasteiger partial charge in [-0.05, 0) is 49.3 Å². The van der Waals surface area contributed by atoms with E-state index in [0.29, 0.717) is 25.5 Å². The summed E-state index contributed by atoms with van der Waals surface area (Å²) in [6, 6.07) is 8.19. The van der Waals surface area contributed by atoms with Crippen LogP contribution >= 0.6 is 24.0 Å². The maximum Gasteiger partial charge on any atom is 0.191 e. The molecule has 0 aliphatic heterocycles. The minimum absolute atomic E-state index is 0. The van der Waals surface area contributed by atoms with Crippen molar-refractivity contribution < 1.29 is 13.2 Å². The number of halogens is 1. The fourth-order valence-electron chi connectivity index (χ4n) is 2.56. The SMILES string of the molecule is CCNC(=NCC(C)(C)CCS(C)(=O)=O)NC(C)c1ccc(OCC(C)C)cc1.I. The van der Waals surface area contributed by atoms with Crippen molar-refractivity contribution in [2.24, 2.45) is 16.3 Å². The molecule has 0 saturated heterocycles. The summed E-state index contributed by atoms with van der Waals surface area (Å²) in [4.78, 5) is 4.69. The van der Waals surface area contributed by atoms with Crippen molar-refractivity contribution in [2.45, 2.75) is 54.0 Å². The van der Waals surface area contributed by atoms with Crippen LogP contribution in [0.5, 0.6) is 5.75 Å². The molecule has 8 heteroatoms. The molecular weight excluding hydrogens is 513 g/mol. The molecule has 1 aromatic carbocycles. The third kappa shape index (κ3) is 12.6. The Morgan fingerprint density at radius 1 is 1.17 bits per heavy atom. The maximum absolute atomic E-state index is 11.4. The first-order valence-corrected chi connectivity index (χ1v) is 12.4. The lowest BCUT2D eigenvalue weighted by Gasteiger charge is -2.24. The number of sulfone groups is 1. The monoisotopic (exact) mass is 553 g/mol. The van der Waals surface area contributed by atoms with Crippen LogP contribution in [0.1, 0.15) is 59.6 Å². The van der Waals surface area contributed by atoms with Crippen LogP contribution in [0.3, 0.4) is 0 Å². The highest BCUT2D eigenvalue weighted by Crippen LogP contribution is 2.22. The molecule has 0 aliphatic carbocycles.